The van der Waals surface area contributed by atoms with Gasteiger partial charge < -0.3 is 4.42 Å². The normalized spacial score (nSPS) is 11.8. The molecule has 108 valence electrons. The number of rotatable bonds is 4. The summed E-state index contributed by atoms with van der Waals surface area (Å²) in [5, 5.41) is 0. The van der Waals surface area contributed by atoms with Crippen LogP contribution < -0.4 is 4.72 Å². The summed E-state index contributed by atoms with van der Waals surface area (Å²) in [6.07, 6.45) is 1.52. The first-order valence-electron chi connectivity index (χ1n) is 6.11. The topological polar surface area (TPSA) is 59.3 Å². The maximum absolute atomic E-state index is 12.5. The number of benzene rings is 1. The zero-order valence-corrected chi connectivity index (χ0v) is 13.9. The Hall–Kier alpha value is -1.11. The third-order valence-electron chi connectivity index (χ3n) is 3.09. The van der Waals surface area contributed by atoms with Crippen LogP contribution >= 0.6 is 15.9 Å². The van der Waals surface area contributed by atoms with Crippen LogP contribution in [-0.2, 0) is 16.6 Å². The van der Waals surface area contributed by atoms with Gasteiger partial charge in [-0.05, 0) is 49.6 Å². The number of halogens is 1. The lowest BCUT2D eigenvalue weighted by Crippen LogP contribution is -2.25. The second-order valence-electron chi connectivity index (χ2n) is 4.68. The van der Waals surface area contributed by atoms with E-state index in [-0.39, 0.29) is 6.54 Å². The van der Waals surface area contributed by atoms with Crippen molar-refractivity contribution in [3.05, 3.63) is 51.4 Å². The van der Waals surface area contributed by atoms with Crippen molar-refractivity contribution in [2.24, 2.45) is 0 Å². The molecular formula is C14H16BrNO3S. The van der Waals surface area contributed by atoms with E-state index >= 15 is 0 Å². The molecule has 0 aliphatic heterocycles. The zero-order valence-electron chi connectivity index (χ0n) is 11.5. The molecule has 0 amide bonds. The van der Waals surface area contributed by atoms with Gasteiger partial charge in [0.1, 0.15) is 5.76 Å². The summed E-state index contributed by atoms with van der Waals surface area (Å²) in [5.41, 5.74) is 2.47. The number of aryl methyl sites for hydroxylation is 2. The lowest BCUT2D eigenvalue weighted by molar-refractivity contribution is 0.498. The molecule has 1 heterocycles. The van der Waals surface area contributed by atoms with E-state index in [2.05, 4.69) is 20.7 Å². The fraction of sp³-hybridized carbons (Fsp3) is 0.286. The molecule has 0 aliphatic carbocycles. The second kappa shape index (κ2) is 5.71. The average Bonchev–Trinajstić information content (AvgIpc) is 2.86. The molecule has 1 aromatic carbocycles. The van der Waals surface area contributed by atoms with Gasteiger partial charge >= 0.3 is 0 Å². The molecule has 0 saturated heterocycles. The van der Waals surface area contributed by atoms with Crippen molar-refractivity contribution in [2.45, 2.75) is 32.2 Å². The van der Waals surface area contributed by atoms with Gasteiger partial charge in [0.2, 0.25) is 10.0 Å². The van der Waals surface area contributed by atoms with Gasteiger partial charge in [0.15, 0.2) is 0 Å². The van der Waals surface area contributed by atoms with E-state index in [4.69, 9.17) is 4.42 Å². The molecule has 0 atom stereocenters. The molecule has 4 nitrogen and oxygen atoms in total. The SMILES string of the molecule is Cc1cc(C)c(S(=O)(=O)NCc2ccco2)c(C)c1Br. The fourth-order valence-electron chi connectivity index (χ4n) is 2.21. The Labute approximate surface area is 127 Å². The highest BCUT2D eigenvalue weighted by Crippen LogP contribution is 2.30. The van der Waals surface area contributed by atoms with Crippen molar-refractivity contribution in [2.75, 3.05) is 0 Å². The van der Waals surface area contributed by atoms with Crippen LogP contribution in [0.3, 0.4) is 0 Å². The minimum atomic E-state index is -3.58. The summed E-state index contributed by atoms with van der Waals surface area (Å²) < 4.78 is 33.4. The number of furan rings is 1. The van der Waals surface area contributed by atoms with E-state index in [1.165, 1.54) is 6.26 Å². The van der Waals surface area contributed by atoms with E-state index in [9.17, 15) is 8.42 Å². The number of hydrogen-bond donors (Lipinski definition) is 1. The molecule has 0 radical (unpaired) electrons. The van der Waals surface area contributed by atoms with Crippen LogP contribution in [0.2, 0.25) is 0 Å². The van der Waals surface area contributed by atoms with Gasteiger partial charge in [0.25, 0.3) is 0 Å². The van der Waals surface area contributed by atoms with Crippen molar-refractivity contribution in [1.82, 2.24) is 4.72 Å². The van der Waals surface area contributed by atoms with E-state index in [0.29, 0.717) is 10.7 Å². The summed E-state index contributed by atoms with van der Waals surface area (Å²) in [7, 11) is -3.58. The molecule has 0 unspecified atom stereocenters. The molecule has 0 aliphatic rings. The summed E-state index contributed by atoms with van der Waals surface area (Å²) in [4.78, 5) is 0.321. The number of nitrogens with one attached hydrogen (secondary N) is 1. The maximum atomic E-state index is 12.5. The molecule has 2 rings (SSSR count). The van der Waals surface area contributed by atoms with Gasteiger partial charge in [0, 0.05) is 4.47 Å². The van der Waals surface area contributed by atoms with Gasteiger partial charge in [0.05, 0.1) is 17.7 Å². The minimum absolute atomic E-state index is 0.139. The molecule has 0 saturated carbocycles. The maximum Gasteiger partial charge on any atom is 0.241 e. The number of hydrogen-bond acceptors (Lipinski definition) is 3. The van der Waals surface area contributed by atoms with Crippen molar-refractivity contribution in [1.29, 1.82) is 0 Å². The van der Waals surface area contributed by atoms with Gasteiger partial charge in [-0.3, -0.25) is 0 Å². The molecular weight excluding hydrogens is 342 g/mol. The first-order valence-corrected chi connectivity index (χ1v) is 8.39. The Morgan fingerprint density at radius 2 is 1.95 bits per heavy atom. The molecule has 20 heavy (non-hydrogen) atoms. The Bertz CT molecular complexity index is 721. The predicted octanol–water partition coefficient (Wildman–Crippen LogP) is 3.45. The molecule has 6 heteroatoms. The van der Waals surface area contributed by atoms with Gasteiger partial charge in [-0.15, -0.1) is 0 Å². The third kappa shape index (κ3) is 2.97. The Balaban J connectivity index is 2.37. The van der Waals surface area contributed by atoms with Crippen LogP contribution in [-0.4, -0.2) is 8.42 Å². The van der Waals surface area contributed by atoms with Gasteiger partial charge in [-0.1, -0.05) is 22.0 Å². The average molecular weight is 358 g/mol. The third-order valence-corrected chi connectivity index (χ3v) is 6.00. The number of sulfonamides is 1. The highest BCUT2D eigenvalue weighted by atomic mass is 79.9. The molecule has 2 aromatic rings. The van der Waals surface area contributed by atoms with E-state index in [1.807, 2.05) is 13.0 Å². The molecule has 0 bridgehead atoms. The summed E-state index contributed by atoms with van der Waals surface area (Å²) in [6, 6.07) is 5.31. The van der Waals surface area contributed by atoms with Crippen LogP contribution in [0.5, 0.6) is 0 Å². The summed E-state index contributed by atoms with van der Waals surface area (Å²) >= 11 is 3.44. The zero-order chi connectivity index (χ0) is 14.9. The van der Waals surface area contributed by atoms with Gasteiger partial charge in [-0.25, -0.2) is 13.1 Å². The Morgan fingerprint density at radius 3 is 2.55 bits per heavy atom. The monoisotopic (exact) mass is 357 g/mol. The second-order valence-corrected chi connectivity index (χ2v) is 7.18. The Kier molecular flexibility index (Phi) is 4.36. The summed E-state index contributed by atoms with van der Waals surface area (Å²) in [5.74, 6) is 0.579. The highest BCUT2D eigenvalue weighted by Gasteiger charge is 2.22. The first kappa shape index (κ1) is 15.3. The fourth-order valence-corrected chi connectivity index (χ4v) is 4.12. The quantitative estimate of drug-likeness (QED) is 0.911. The van der Waals surface area contributed by atoms with E-state index in [1.54, 1.807) is 26.0 Å². The highest BCUT2D eigenvalue weighted by molar-refractivity contribution is 9.10. The first-order chi connectivity index (χ1) is 9.33. The molecule has 1 N–H and O–H groups in total. The van der Waals surface area contributed by atoms with Crippen LogP contribution in [0.4, 0.5) is 0 Å². The van der Waals surface area contributed by atoms with Crippen LogP contribution in [0.15, 0.2) is 38.2 Å². The molecule has 1 aromatic heterocycles. The van der Waals surface area contributed by atoms with E-state index < -0.39 is 10.0 Å². The standard InChI is InChI=1S/C14H16BrNO3S/c1-9-7-10(2)14(11(3)13(9)15)20(17,18)16-8-12-5-4-6-19-12/h4-7,16H,8H2,1-3H3. The Morgan fingerprint density at radius 1 is 1.25 bits per heavy atom. The molecule has 0 spiro atoms. The van der Waals surface area contributed by atoms with Crippen LogP contribution in [0.1, 0.15) is 22.5 Å². The van der Waals surface area contributed by atoms with Crippen LogP contribution in [0.25, 0.3) is 0 Å². The predicted molar refractivity (Wildman–Crippen MR) is 81.1 cm³/mol. The van der Waals surface area contributed by atoms with Crippen LogP contribution in [0, 0.1) is 20.8 Å². The largest absolute Gasteiger partial charge is 0.468 e. The lowest BCUT2D eigenvalue weighted by atomic mass is 10.1. The summed E-state index contributed by atoms with van der Waals surface area (Å²) in [6.45, 7) is 5.68. The van der Waals surface area contributed by atoms with Crippen molar-refractivity contribution < 1.29 is 12.8 Å². The van der Waals surface area contributed by atoms with Crippen molar-refractivity contribution >= 4 is 26.0 Å². The smallest absolute Gasteiger partial charge is 0.241 e. The lowest BCUT2D eigenvalue weighted by Gasteiger charge is -2.14. The molecule has 0 fully saturated rings. The van der Waals surface area contributed by atoms with E-state index in [0.717, 1.165) is 21.2 Å². The minimum Gasteiger partial charge on any atom is -0.468 e. The van der Waals surface area contributed by atoms with Crippen molar-refractivity contribution in [3.63, 3.8) is 0 Å². The van der Waals surface area contributed by atoms with Crippen molar-refractivity contribution in [3.8, 4) is 0 Å². The van der Waals surface area contributed by atoms with Gasteiger partial charge in [-0.2, -0.15) is 0 Å².